The van der Waals surface area contributed by atoms with Gasteiger partial charge in [0.2, 0.25) is 11.9 Å². The highest BCUT2D eigenvalue weighted by atomic mass is 32.2. The maximum atomic E-state index is 14.9. The van der Waals surface area contributed by atoms with Gasteiger partial charge in [-0.15, -0.1) is 10.2 Å². The van der Waals surface area contributed by atoms with Crippen molar-refractivity contribution in [1.29, 1.82) is 0 Å². The Balaban J connectivity index is 1.20. The van der Waals surface area contributed by atoms with Crippen LogP contribution in [-0.4, -0.2) is 49.8 Å². The molecule has 0 bridgehead atoms. The molecule has 11 heteroatoms. The first kappa shape index (κ1) is 20.4. The Morgan fingerprint density at radius 2 is 1.94 bits per heavy atom. The van der Waals surface area contributed by atoms with Gasteiger partial charge in [-0.3, -0.25) is 4.79 Å². The average Bonchev–Trinajstić information content (AvgIpc) is 3.71. The van der Waals surface area contributed by atoms with Gasteiger partial charge in [-0.1, -0.05) is 0 Å². The number of hydrogen-bond donors (Lipinski definition) is 3. The van der Waals surface area contributed by atoms with E-state index in [2.05, 4.69) is 35.8 Å². The number of carbonyl (C=O) groups is 1. The van der Waals surface area contributed by atoms with E-state index in [4.69, 9.17) is 0 Å². The number of aromatic amines is 1. The number of halogens is 1. The lowest BCUT2D eigenvalue weighted by molar-refractivity contribution is -0.117. The zero-order valence-corrected chi connectivity index (χ0v) is 18.6. The molecule has 9 nitrogen and oxygen atoms in total. The first-order chi connectivity index (χ1) is 16.0. The maximum Gasteiger partial charge on any atom is 0.227 e. The fourth-order valence-electron chi connectivity index (χ4n) is 3.98. The first-order valence-corrected chi connectivity index (χ1v) is 11.9. The summed E-state index contributed by atoms with van der Waals surface area (Å²) in [6.45, 7) is 0.714. The van der Waals surface area contributed by atoms with E-state index in [9.17, 15) is 9.18 Å². The molecule has 1 saturated heterocycles. The van der Waals surface area contributed by atoms with E-state index >= 15 is 0 Å². The molecule has 3 aliphatic rings. The monoisotopic (exact) mass is 466 g/mol. The van der Waals surface area contributed by atoms with Crippen LogP contribution in [-0.2, 0) is 4.79 Å². The largest absolute Gasteiger partial charge is 0.350 e. The first-order valence-electron chi connectivity index (χ1n) is 11.1. The number of carbonyl (C=O) groups excluding carboxylic acids is 1. The van der Waals surface area contributed by atoms with E-state index in [0.717, 1.165) is 36.3 Å². The Bertz CT molecular complexity index is 1160. The summed E-state index contributed by atoms with van der Waals surface area (Å²) in [5.41, 5.74) is -0.323. The van der Waals surface area contributed by atoms with Crippen molar-refractivity contribution < 1.29 is 9.18 Å². The van der Waals surface area contributed by atoms with Gasteiger partial charge in [-0.05, 0) is 67.6 Å². The minimum Gasteiger partial charge on any atom is -0.350 e. The van der Waals surface area contributed by atoms with Gasteiger partial charge >= 0.3 is 0 Å². The van der Waals surface area contributed by atoms with Gasteiger partial charge in [0.15, 0.2) is 5.16 Å². The number of nitrogens with one attached hydrogen (secondary N) is 3. The van der Waals surface area contributed by atoms with Gasteiger partial charge in [0, 0.05) is 22.6 Å². The molecule has 170 valence electrons. The van der Waals surface area contributed by atoms with Crippen LogP contribution in [0.5, 0.6) is 0 Å². The van der Waals surface area contributed by atoms with Crippen LogP contribution >= 0.6 is 11.8 Å². The molecule has 1 amide bonds. The highest BCUT2D eigenvalue weighted by Gasteiger charge is 2.54. The molecule has 33 heavy (non-hydrogen) atoms. The summed E-state index contributed by atoms with van der Waals surface area (Å²) in [6, 6.07) is 9.41. The van der Waals surface area contributed by atoms with E-state index in [-0.39, 0.29) is 17.7 Å². The Kier molecular flexibility index (Phi) is 4.93. The van der Waals surface area contributed by atoms with E-state index in [1.54, 1.807) is 6.07 Å². The van der Waals surface area contributed by atoms with Crippen LogP contribution in [0.1, 0.15) is 25.7 Å². The van der Waals surface area contributed by atoms with Crippen LogP contribution in [0.2, 0.25) is 0 Å². The van der Waals surface area contributed by atoms with Crippen LogP contribution in [0.15, 0.2) is 46.7 Å². The topological polar surface area (TPSA) is 112 Å². The molecule has 0 atom stereocenters. The minimum atomic E-state index is -1.10. The molecular weight excluding hydrogens is 443 g/mol. The van der Waals surface area contributed by atoms with Crippen molar-refractivity contribution in [2.75, 3.05) is 28.6 Å². The average molecular weight is 467 g/mol. The number of anilines is 4. The number of nitrogens with zero attached hydrogens (tertiary/aromatic N) is 5. The molecule has 1 aliphatic heterocycles. The van der Waals surface area contributed by atoms with E-state index < -0.39 is 5.67 Å². The summed E-state index contributed by atoms with van der Waals surface area (Å²) in [6.07, 6.45) is 5.37. The molecule has 3 fully saturated rings. The molecule has 3 N–H and O–H groups in total. The van der Waals surface area contributed by atoms with Crippen LogP contribution in [0.3, 0.4) is 0 Å². The molecule has 6 rings (SSSR count). The fourth-order valence-corrected chi connectivity index (χ4v) is 4.75. The normalized spacial score (nSPS) is 19.1. The number of rotatable bonds is 8. The number of aromatic nitrogens is 5. The van der Waals surface area contributed by atoms with Crippen molar-refractivity contribution in [1.82, 2.24) is 25.1 Å². The van der Waals surface area contributed by atoms with Gasteiger partial charge in [-0.25, -0.2) is 14.4 Å². The Morgan fingerprint density at radius 3 is 2.61 bits per heavy atom. The van der Waals surface area contributed by atoms with Crippen LogP contribution in [0, 0.1) is 11.8 Å². The molecule has 3 aromatic rings. The quantitative estimate of drug-likeness (QED) is 0.430. The number of benzene rings is 1. The summed E-state index contributed by atoms with van der Waals surface area (Å²) < 4.78 is 14.9. The second-order valence-electron chi connectivity index (χ2n) is 8.91. The number of H-pyrrole nitrogens is 1. The lowest BCUT2D eigenvalue weighted by Gasteiger charge is -2.45. The van der Waals surface area contributed by atoms with Crippen molar-refractivity contribution >= 4 is 40.9 Å². The third-order valence-corrected chi connectivity index (χ3v) is 7.05. The Hall–Kier alpha value is -3.21. The Labute approximate surface area is 194 Å². The van der Waals surface area contributed by atoms with Crippen molar-refractivity contribution in [3.63, 3.8) is 0 Å². The van der Waals surface area contributed by atoms with Crippen LogP contribution < -0.4 is 15.5 Å². The molecule has 2 aromatic heterocycles. The zero-order valence-electron chi connectivity index (χ0n) is 17.8. The third-order valence-electron chi connectivity index (χ3n) is 6.17. The van der Waals surface area contributed by atoms with Gasteiger partial charge in [0.25, 0.3) is 0 Å². The highest BCUT2D eigenvalue weighted by molar-refractivity contribution is 7.99. The SMILES string of the molecule is O=C(Nc1ccc(Sc2nc(Nc3nnc[nH]3)cc(N3CC(F)(C4CC4)C3)n2)cc1)C1CC1. The predicted octanol–water partition coefficient (Wildman–Crippen LogP) is 3.78. The fraction of sp³-hybridized carbons (Fsp3) is 0.409. The smallest absolute Gasteiger partial charge is 0.227 e. The zero-order chi connectivity index (χ0) is 22.4. The summed E-state index contributed by atoms with van der Waals surface area (Å²) in [5, 5.41) is 14.3. The van der Waals surface area contributed by atoms with Crippen molar-refractivity contribution in [3.05, 3.63) is 36.7 Å². The van der Waals surface area contributed by atoms with E-state index in [1.165, 1.54) is 18.1 Å². The molecule has 1 aromatic carbocycles. The molecular formula is C22H23FN8OS. The van der Waals surface area contributed by atoms with Crippen molar-refractivity contribution in [3.8, 4) is 0 Å². The molecule has 0 unspecified atom stereocenters. The van der Waals surface area contributed by atoms with Gasteiger partial charge in [0.1, 0.15) is 23.6 Å². The predicted molar refractivity (Wildman–Crippen MR) is 122 cm³/mol. The number of alkyl halides is 1. The third kappa shape index (κ3) is 4.50. The van der Waals surface area contributed by atoms with Gasteiger partial charge in [-0.2, -0.15) is 0 Å². The van der Waals surface area contributed by atoms with E-state index in [1.807, 2.05) is 29.2 Å². The second kappa shape index (κ2) is 7.98. The Morgan fingerprint density at radius 1 is 1.15 bits per heavy atom. The molecule has 0 spiro atoms. The summed E-state index contributed by atoms with van der Waals surface area (Å²) in [4.78, 5) is 27.0. The maximum absolute atomic E-state index is 14.9. The second-order valence-corrected chi connectivity index (χ2v) is 9.95. The van der Waals surface area contributed by atoms with Gasteiger partial charge < -0.3 is 20.5 Å². The van der Waals surface area contributed by atoms with Gasteiger partial charge in [0.05, 0.1) is 13.1 Å². The number of hydrogen-bond acceptors (Lipinski definition) is 8. The summed E-state index contributed by atoms with van der Waals surface area (Å²) in [5.74, 6) is 2.13. The molecule has 0 radical (unpaired) electrons. The van der Waals surface area contributed by atoms with E-state index in [0.29, 0.717) is 35.8 Å². The van der Waals surface area contributed by atoms with Crippen LogP contribution in [0.25, 0.3) is 0 Å². The number of amides is 1. The minimum absolute atomic E-state index is 0.0826. The van der Waals surface area contributed by atoms with Crippen molar-refractivity contribution in [2.24, 2.45) is 11.8 Å². The summed E-state index contributed by atoms with van der Waals surface area (Å²) >= 11 is 1.40. The van der Waals surface area contributed by atoms with Crippen molar-refractivity contribution in [2.45, 2.75) is 41.4 Å². The highest BCUT2D eigenvalue weighted by Crippen LogP contribution is 2.48. The standard InChI is InChI=1S/C22H23FN8OS/c23-22(14-3-4-14)10-31(11-22)18-9-17(27-20-24-12-25-30-20)28-21(29-18)33-16-7-5-15(6-8-16)26-19(32)13-1-2-13/h5-9,12-14H,1-4,10-11H2,(H,26,32)(H2,24,25,27,28,29,30). The van der Waals surface area contributed by atoms with Crippen LogP contribution in [0.4, 0.5) is 27.7 Å². The molecule has 3 heterocycles. The lowest BCUT2D eigenvalue weighted by Crippen LogP contribution is -2.60. The molecule has 2 aliphatic carbocycles. The molecule has 2 saturated carbocycles. The lowest BCUT2D eigenvalue weighted by atomic mass is 9.91. The summed E-state index contributed by atoms with van der Waals surface area (Å²) in [7, 11) is 0.